The quantitative estimate of drug-likeness (QED) is 0.471. The van der Waals surface area contributed by atoms with E-state index >= 15 is 0 Å². The van der Waals surface area contributed by atoms with Gasteiger partial charge in [-0.05, 0) is 19.3 Å². The fourth-order valence-electron chi connectivity index (χ4n) is 4.28. The summed E-state index contributed by atoms with van der Waals surface area (Å²) in [6.07, 6.45) is 3.48. The third-order valence-corrected chi connectivity index (χ3v) is 6.30. The number of likely N-dealkylation sites (tertiary alicyclic amines) is 1. The molecule has 2 aromatic heterocycles. The van der Waals surface area contributed by atoms with E-state index < -0.39 is 11.7 Å². The van der Waals surface area contributed by atoms with Crippen LogP contribution in [0.3, 0.4) is 0 Å². The maximum atomic E-state index is 13.5. The minimum atomic E-state index is -4.59. The molecule has 36 heavy (non-hydrogen) atoms. The lowest BCUT2D eigenvalue weighted by Crippen LogP contribution is -2.38. The molecular formula is C23H33F3N8O2. The fraction of sp³-hybridized carbons (Fsp3) is 0.652. The maximum absolute atomic E-state index is 13.5. The Morgan fingerprint density at radius 2 is 1.86 bits per heavy atom. The predicted octanol–water partition coefficient (Wildman–Crippen LogP) is 2.97. The van der Waals surface area contributed by atoms with Crippen molar-refractivity contribution in [2.45, 2.75) is 44.8 Å². The smallest absolute Gasteiger partial charge is 0.379 e. The van der Waals surface area contributed by atoms with Crippen molar-refractivity contribution >= 4 is 23.4 Å². The van der Waals surface area contributed by atoms with Crippen LogP contribution in [0.1, 0.15) is 37.7 Å². The summed E-state index contributed by atoms with van der Waals surface area (Å²) in [6.45, 7) is 6.20. The molecule has 2 aliphatic rings. The number of amides is 1. The van der Waals surface area contributed by atoms with Crippen molar-refractivity contribution in [1.29, 1.82) is 0 Å². The first-order valence-corrected chi connectivity index (χ1v) is 12.4. The van der Waals surface area contributed by atoms with Crippen molar-refractivity contribution in [2.24, 2.45) is 0 Å². The van der Waals surface area contributed by atoms with Crippen molar-refractivity contribution in [1.82, 2.24) is 29.5 Å². The van der Waals surface area contributed by atoms with Crippen LogP contribution >= 0.6 is 0 Å². The second-order valence-corrected chi connectivity index (χ2v) is 9.00. The normalized spacial score (nSPS) is 17.8. The lowest BCUT2D eigenvalue weighted by atomic mass is 10.2. The molecule has 13 heteroatoms. The van der Waals surface area contributed by atoms with Gasteiger partial charge in [0.15, 0.2) is 0 Å². The van der Waals surface area contributed by atoms with E-state index in [4.69, 9.17) is 4.74 Å². The van der Waals surface area contributed by atoms with Crippen LogP contribution in [0, 0.1) is 0 Å². The molecule has 2 N–H and O–H groups in total. The van der Waals surface area contributed by atoms with Gasteiger partial charge in [0.2, 0.25) is 11.9 Å². The maximum Gasteiger partial charge on any atom is 0.421 e. The lowest BCUT2D eigenvalue weighted by Gasteiger charge is -2.26. The molecule has 0 spiro atoms. The first kappa shape index (κ1) is 26.1. The van der Waals surface area contributed by atoms with Gasteiger partial charge in [0.1, 0.15) is 11.4 Å². The highest BCUT2D eigenvalue weighted by atomic mass is 19.4. The zero-order valence-corrected chi connectivity index (χ0v) is 20.3. The number of hydrogen-bond donors (Lipinski definition) is 2. The topological polar surface area (TPSA) is 100 Å². The Kier molecular flexibility index (Phi) is 8.97. The Hall–Kier alpha value is -2.93. The van der Waals surface area contributed by atoms with E-state index in [1.54, 1.807) is 22.0 Å². The number of alkyl halides is 3. The Balaban J connectivity index is 1.33. The first-order chi connectivity index (χ1) is 17.4. The molecule has 0 atom stereocenters. The van der Waals surface area contributed by atoms with Gasteiger partial charge in [0.25, 0.3) is 0 Å². The Morgan fingerprint density at radius 3 is 2.67 bits per heavy atom. The van der Waals surface area contributed by atoms with Crippen LogP contribution in [-0.2, 0) is 22.3 Å². The molecule has 4 rings (SSSR count). The van der Waals surface area contributed by atoms with Crippen LogP contribution in [0.4, 0.5) is 30.6 Å². The summed E-state index contributed by atoms with van der Waals surface area (Å²) in [5, 5.41) is 10.0. The van der Waals surface area contributed by atoms with Gasteiger partial charge in [-0.3, -0.25) is 14.4 Å². The van der Waals surface area contributed by atoms with E-state index in [-0.39, 0.29) is 24.2 Å². The van der Waals surface area contributed by atoms with Gasteiger partial charge in [0, 0.05) is 58.1 Å². The average Bonchev–Trinajstić information content (AvgIpc) is 3.20. The van der Waals surface area contributed by atoms with Crippen LogP contribution in [0.25, 0.3) is 0 Å². The highest BCUT2D eigenvalue weighted by Gasteiger charge is 2.35. The van der Waals surface area contributed by atoms with Gasteiger partial charge in [-0.1, -0.05) is 6.42 Å². The molecule has 1 amide bonds. The third kappa shape index (κ3) is 7.53. The van der Waals surface area contributed by atoms with Crippen molar-refractivity contribution in [3.8, 4) is 0 Å². The number of carbonyl (C=O) groups is 1. The molecule has 0 aromatic carbocycles. The lowest BCUT2D eigenvalue weighted by molar-refractivity contribution is -0.137. The SMILES string of the molecule is O=C1CCCCCN1CCCNc1nc(Nc2cnn(CCN3CCOCC3)c2)ncc1C(F)(F)F. The van der Waals surface area contributed by atoms with E-state index in [0.717, 1.165) is 58.3 Å². The number of halogens is 3. The Bertz CT molecular complexity index is 994. The second-order valence-electron chi connectivity index (χ2n) is 9.00. The molecule has 0 saturated carbocycles. The van der Waals surface area contributed by atoms with Crippen molar-refractivity contribution < 1.29 is 22.7 Å². The molecule has 0 aliphatic carbocycles. The molecule has 2 fully saturated rings. The fourth-order valence-corrected chi connectivity index (χ4v) is 4.28. The number of morpholine rings is 1. The van der Waals surface area contributed by atoms with Gasteiger partial charge in [0.05, 0.1) is 31.6 Å². The van der Waals surface area contributed by atoms with E-state index in [1.807, 2.05) is 0 Å². The number of nitrogens with zero attached hydrogens (tertiary/aromatic N) is 6. The van der Waals surface area contributed by atoms with Gasteiger partial charge in [-0.15, -0.1) is 0 Å². The number of nitrogens with one attached hydrogen (secondary N) is 2. The van der Waals surface area contributed by atoms with Crippen LogP contribution in [0.15, 0.2) is 18.6 Å². The van der Waals surface area contributed by atoms with Crippen LogP contribution in [-0.4, -0.2) is 87.9 Å². The zero-order valence-electron chi connectivity index (χ0n) is 20.3. The number of carbonyl (C=O) groups excluding carboxylic acids is 1. The molecule has 10 nitrogen and oxygen atoms in total. The van der Waals surface area contributed by atoms with E-state index in [9.17, 15) is 18.0 Å². The summed E-state index contributed by atoms with van der Waals surface area (Å²) >= 11 is 0. The van der Waals surface area contributed by atoms with Crippen LogP contribution in [0.5, 0.6) is 0 Å². The van der Waals surface area contributed by atoms with Gasteiger partial charge in [-0.2, -0.15) is 23.3 Å². The summed E-state index contributed by atoms with van der Waals surface area (Å²) in [5.41, 5.74) is -0.345. The zero-order chi connectivity index (χ0) is 25.4. The molecule has 4 heterocycles. The average molecular weight is 511 g/mol. The molecule has 2 saturated heterocycles. The Morgan fingerprint density at radius 1 is 1.03 bits per heavy atom. The highest BCUT2D eigenvalue weighted by molar-refractivity contribution is 5.76. The Labute approximate surface area is 208 Å². The molecule has 0 bridgehead atoms. The summed E-state index contributed by atoms with van der Waals surface area (Å²) < 4.78 is 47.7. The molecule has 198 valence electrons. The number of rotatable bonds is 10. The summed E-state index contributed by atoms with van der Waals surface area (Å²) in [6, 6.07) is 0. The van der Waals surface area contributed by atoms with Gasteiger partial charge < -0.3 is 20.3 Å². The standard InChI is InChI=1S/C23H33F3N8O2/c24-23(25,26)19-16-28-22(30-18-15-29-34(17-18)10-9-32-11-13-36-14-12-32)31-21(19)27-6-4-8-33-7-3-1-2-5-20(33)35/h15-17H,1-14H2,(H2,27,28,30,31). The summed E-state index contributed by atoms with van der Waals surface area (Å²) in [4.78, 5) is 24.1. The number of hydrogen-bond acceptors (Lipinski definition) is 8. The molecular weight excluding hydrogens is 477 g/mol. The van der Waals surface area contributed by atoms with Gasteiger partial charge >= 0.3 is 6.18 Å². The largest absolute Gasteiger partial charge is 0.421 e. The van der Waals surface area contributed by atoms with E-state index in [0.29, 0.717) is 38.2 Å². The first-order valence-electron chi connectivity index (χ1n) is 12.4. The molecule has 0 unspecified atom stereocenters. The number of anilines is 3. The van der Waals surface area contributed by atoms with Crippen molar-refractivity contribution in [3.63, 3.8) is 0 Å². The van der Waals surface area contributed by atoms with Crippen LogP contribution < -0.4 is 10.6 Å². The van der Waals surface area contributed by atoms with Crippen LogP contribution in [0.2, 0.25) is 0 Å². The number of ether oxygens (including phenoxy) is 1. The molecule has 2 aromatic rings. The minimum absolute atomic E-state index is 0.0425. The van der Waals surface area contributed by atoms with E-state index in [1.165, 1.54) is 0 Å². The summed E-state index contributed by atoms with van der Waals surface area (Å²) in [7, 11) is 0. The summed E-state index contributed by atoms with van der Waals surface area (Å²) in [5.74, 6) is -0.134. The van der Waals surface area contributed by atoms with Gasteiger partial charge in [-0.25, -0.2) is 4.98 Å². The molecule has 0 radical (unpaired) electrons. The monoisotopic (exact) mass is 510 g/mol. The van der Waals surface area contributed by atoms with Crippen molar-refractivity contribution in [2.75, 3.05) is 63.1 Å². The molecule has 2 aliphatic heterocycles. The highest BCUT2D eigenvalue weighted by Crippen LogP contribution is 2.34. The number of aromatic nitrogens is 4. The predicted molar refractivity (Wildman–Crippen MR) is 128 cm³/mol. The minimum Gasteiger partial charge on any atom is -0.379 e. The third-order valence-electron chi connectivity index (χ3n) is 6.30. The second kappa shape index (κ2) is 12.3. The van der Waals surface area contributed by atoms with E-state index in [2.05, 4.69) is 30.6 Å². The van der Waals surface area contributed by atoms with Crippen molar-refractivity contribution in [3.05, 3.63) is 24.2 Å².